The van der Waals surface area contributed by atoms with E-state index in [0.717, 1.165) is 16.6 Å². The fourth-order valence-corrected chi connectivity index (χ4v) is 2.47. The predicted molar refractivity (Wildman–Crippen MR) is 81.9 cm³/mol. The lowest BCUT2D eigenvalue weighted by Gasteiger charge is -2.18. The van der Waals surface area contributed by atoms with E-state index >= 15 is 0 Å². The molecule has 104 valence electrons. The highest BCUT2D eigenvalue weighted by molar-refractivity contribution is 9.10. The summed E-state index contributed by atoms with van der Waals surface area (Å²) in [5, 5.41) is 7.15. The quantitative estimate of drug-likeness (QED) is 0.743. The van der Waals surface area contributed by atoms with Gasteiger partial charge >= 0.3 is 0 Å². The van der Waals surface area contributed by atoms with Crippen LogP contribution >= 0.6 is 15.9 Å². The Hall–Kier alpha value is -1.82. The highest BCUT2D eigenvalue weighted by atomic mass is 79.9. The van der Waals surface area contributed by atoms with Gasteiger partial charge in [0.15, 0.2) is 0 Å². The molecule has 0 aliphatic carbocycles. The minimum atomic E-state index is -0.132. The van der Waals surface area contributed by atoms with Crippen LogP contribution in [0, 0.1) is 0 Å². The second-order valence-corrected chi connectivity index (χ2v) is 6.57. The zero-order chi connectivity index (χ0) is 14.5. The van der Waals surface area contributed by atoms with Crippen LogP contribution < -0.4 is 5.56 Å². The standard InChI is InChI=1S/C14H15BrN4O/c1-14(2,3)19-8-10(6-16-19)9-4-5-11-12(15)13(20)17-18(11)7-9/h4-8H,1-3H3,(H,17,20). The molecule has 3 aromatic heterocycles. The maximum Gasteiger partial charge on any atom is 0.279 e. The fraction of sp³-hybridized carbons (Fsp3) is 0.286. The van der Waals surface area contributed by atoms with Crippen molar-refractivity contribution in [2.45, 2.75) is 26.3 Å². The highest BCUT2D eigenvalue weighted by Gasteiger charge is 2.15. The summed E-state index contributed by atoms with van der Waals surface area (Å²) in [5.74, 6) is 0. The zero-order valence-electron chi connectivity index (χ0n) is 11.5. The number of nitrogens with one attached hydrogen (secondary N) is 1. The Kier molecular flexibility index (Phi) is 2.86. The van der Waals surface area contributed by atoms with Gasteiger partial charge in [0.05, 0.1) is 17.3 Å². The van der Waals surface area contributed by atoms with Gasteiger partial charge < -0.3 is 0 Å². The molecule has 0 radical (unpaired) electrons. The van der Waals surface area contributed by atoms with Gasteiger partial charge in [-0.25, -0.2) is 0 Å². The first-order valence-corrected chi connectivity index (χ1v) is 7.11. The minimum Gasteiger partial charge on any atom is -0.267 e. The minimum absolute atomic E-state index is 0.0485. The Morgan fingerprint density at radius 2 is 1.95 bits per heavy atom. The van der Waals surface area contributed by atoms with E-state index in [0.29, 0.717) is 4.47 Å². The monoisotopic (exact) mass is 334 g/mol. The van der Waals surface area contributed by atoms with Crippen LogP contribution in [0.2, 0.25) is 0 Å². The summed E-state index contributed by atoms with van der Waals surface area (Å²) in [6.07, 6.45) is 5.74. The Balaban J connectivity index is 2.10. The summed E-state index contributed by atoms with van der Waals surface area (Å²) in [5.41, 5.74) is 2.67. The first kappa shape index (κ1) is 13.2. The van der Waals surface area contributed by atoms with Crippen molar-refractivity contribution in [3.05, 3.63) is 45.5 Å². The van der Waals surface area contributed by atoms with Crippen LogP contribution in [0.1, 0.15) is 20.8 Å². The lowest BCUT2D eigenvalue weighted by Crippen LogP contribution is -2.21. The Morgan fingerprint density at radius 1 is 1.20 bits per heavy atom. The smallest absolute Gasteiger partial charge is 0.267 e. The number of pyridine rings is 1. The third-order valence-electron chi connectivity index (χ3n) is 3.20. The highest BCUT2D eigenvalue weighted by Crippen LogP contribution is 2.23. The summed E-state index contributed by atoms with van der Waals surface area (Å²) < 4.78 is 4.20. The van der Waals surface area contributed by atoms with E-state index in [4.69, 9.17) is 0 Å². The Bertz CT molecular complexity index is 835. The second-order valence-electron chi connectivity index (χ2n) is 5.77. The number of rotatable bonds is 1. The molecule has 20 heavy (non-hydrogen) atoms. The Labute approximate surface area is 124 Å². The molecule has 3 aromatic rings. The summed E-state index contributed by atoms with van der Waals surface area (Å²) >= 11 is 3.28. The van der Waals surface area contributed by atoms with Gasteiger partial charge in [0, 0.05) is 23.5 Å². The molecule has 0 aliphatic heterocycles. The van der Waals surface area contributed by atoms with Crippen molar-refractivity contribution in [3.8, 4) is 11.1 Å². The normalized spacial score (nSPS) is 12.2. The summed E-state index contributed by atoms with van der Waals surface area (Å²) in [6, 6.07) is 3.89. The van der Waals surface area contributed by atoms with Crippen molar-refractivity contribution in [2.75, 3.05) is 0 Å². The number of hydrogen-bond donors (Lipinski definition) is 1. The summed E-state index contributed by atoms with van der Waals surface area (Å²) in [7, 11) is 0. The van der Waals surface area contributed by atoms with E-state index in [1.807, 2.05) is 35.4 Å². The SMILES string of the molecule is CC(C)(C)n1cc(-c2ccc3c(Br)c(=O)[nH]n3c2)cn1. The summed E-state index contributed by atoms with van der Waals surface area (Å²) in [6.45, 7) is 6.31. The van der Waals surface area contributed by atoms with Gasteiger partial charge in [0.25, 0.3) is 5.56 Å². The largest absolute Gasteiger partial charge is 0.279 e. The predicted octanol–water partition coefficient (Wildman–Crippen LogP) is 3.01. The molecule has 5 nitrogen and oxygen atoms in total. The van der Waals surface area contributed by atoms with Crippen LogP contribution in [0.4, 0.5) is 0 Å². The van der Waals surface area contributed by atoms with Gasteiger partial charge in [0.1, 0.15) is 4.47 Å². The molecule has 0 amide bonds. The molecular formula is C14H15BrN4O. The lowest BCUT2D eigenvalue weighted by atomic mass is 10.1. The van der Waals surface area contributed by atoms with Gasteiger partial charge in [-0.2, -0.15) is 5.10 Å². The molecule has 0 unspecified atom stereocenters. The molecule has 1 N–H and O–H groups in total. The second kappa shape index (κ2) is 4.34. The number of hydrogen-bond acceptors (Lipinski definition) is 2. The molecule has 0 saturated heterocycles. The van der Waals surface area contributed by atoms with E-state index in [2.05, 4.69) is 46.9 Å². The number of H-pyrrole nitrogens is 1. The summed E-state index contributed by atoms with van der Waals surface area (Å²) in [4.78, 5) is 11.6. The van der Waals surface area contributed by atoms with Gasteiger partial charge in [-0.05, 0) is 42.8 Å². The number of aromatic amines is 1. The van der Waals surface area contributed by atoms with Crippen LogP contribution in [-0.2, 0) is 5.54 Å². The van der Waals surface area contributed by atoms with E-state index in [-0.39, 0.29) is 11.1 Å². The zero-order valence-corrected chi connectivity index (χ0v) is 13.1. The molecule has 6 heteroatoms. The number of nitrogens with zero attached hydrogens (tertiary/aromatic N) is 3. The first-order valence-electron chi connectivity index (χ1n) is 6.32. The third-order valence-corrected chi connectivity index (χ3v) is 3.96. The van der Waals surface area contributed by atoms with E-state index < -0.39 is 0 Å². The van der Waals surface area contributed by atoms with Crippen molar-refractivity contribution in [2.24, 2.45) is 0 Å². The number of fused-ring (bicyclic) bond motifs is 1. The van der Waals surface area contributed by atoms with Gasteiger partial charge in [-0.3, -0.25) is 19.1 Å². The maximum atomic E-state index is 11.6. The molecule has 0 atom stereocenters. The fourth-order valence-electron chi connectivity index (χ4n) is 2.06. The van der Waals surface area contributed by atoms with Crippen molar-refractivity contribution < 1.29 is 0 Å². The molecule has 0 saturated carbocycles. The van der Waals surface area contributed by atoms with Crippen molar-refractivity contribution in [1.29, 1.82) is 0 Å². The lowest BCUT2D eigenvalue weighted by molar-refractivity contribution is 0.355. The molecule has 0 fully saturated rings. The topological polar surface area (TPSA) is 55.1 Å². The van der Waals surface area contributed by atoms with Crippen LogP contribution in [0.5, 0.6) is 0 Å². The maximum absolute atomic E-state index is 11.6. The van der Waals surface area contributed by atoms with Gasteiger partial charge in [-0.1, -0.05) is 6.07 Å². The first-order chi connectivity index (χ1) is 9.36. The molecule has 0 aliphatic rings. The van der Waals surface area contributed by atoms with Crippen LogP contribution in [0.15, 0.2) is 40.0 Å². The van der Waals surface area contributed by atoms with Gasteiger partial charge in [0.2, 0.25) is 0 Å². The van der Waals surface area contributed by atoms with Gasteiger partial charge in [-0.15, -0.1) is 0 Å². The molecule has 3 rings (SSSR count). The van der Waals surface area contributed by atoms with E-state index in [1.54, 1.807) is 4.52 Å². The Morgan fingerprint density at radius 3 is 2.60 bits per heavy atom. The van der Waals surface area contributed by atoms with E-state index in [9.17, 15) is 4.79 Å². The van der Waals surface area contributed by atoms with Crippen LogP contribution in [-0.4, -0.2) is 19.4 Å². The molecule has 0 aromatic carbocycles. The number of aromatic nitrogens is 4. The van der Waals surface area contributed by atoms with Crippen molar-refractivity contribution in [3.63, 3.8) is 0 Å². The molecule has 3 heterocycles. The molecule has 0 bridgehead atoms. The number of halogens is 1. The van der Waals surface area contributed by atoms with E-state index in [1.165, 1.54) is 0 Å². The third kappa shape index (κ3) is 2.10. The van der Waals surface area contributed by atoms with Crippen LogP contribution in [0.25, 0.3) is 16.6 Å². The molecule has 0 spiro atoms. The van der Waals surface area contributed by atoms with Crippen LogP contribution in [0.3, 0.4) is 0 Å². The van der Waals surface area contributed by atoms with Crippen molar-refractivity contribution >= 4 is 21.4 Å². The average molecular weight is 335 g/mol. The molecular weight excluding hydrogens is 320 g/mol. The average Bonchev–Trinajstić information content (AvgIpc) is 2.95. The van der Waals surface area contributed by atoms with Crippen molar-refractivity contribution in [1.82, 2.24) is 19.4 Å².